The molecule has 0 bridgehead atoms. The molecule has 0 aromatic heterocycles. The summed E-state index contributed by atoms with van der Waals surface area (Å²) in [5.74, 6) is -0.645. The van der Waals surface area contributed by atoms with Gasteiger partial charge in [-0.2, -0.15) is 4.99 Å². The highest BCUT2D eigenvalue weighted by Crippen LogP contribution is 2.35. The SMILES string of the molecule is C=C/C=C\C(=C/C)N1C(=O)/C(=C/c2cc(I)c(OC)c(OC)c2)C(=O)N=C1SCC(=O)NC(c1ccccc1)c1ccccc1. The average molecular weight is 734 g/mol. The molecular formula is C35H32IN3O5S. The molecule has 10 heteroatoms. The van der Waals surface area contributed by atoms with Gasteiger partial charge in [-0.05, 0) is 70.5 Å². The third-order valence-electron chi connectivity index (χ3n) is 6.68. The molecule has 1 aliphatic rings. The largest absolute Gasteiger partial charge is 0.493 e. The van der Waals surface area contributed by atoms with Crippen molar-refractivity contribution in [3.63, 3.8) is 0 Å². The minimum Gasteiger partial charge on any atom is -0.493 e. The highest BCUT2D eigenvalue weighted by molar-refractivity contribution is 14.1. The molecule has 0 saturated carbocycles. The van der Waals surface area contributed by atoms with Gasteiger partial charge in [0.2, 0.25) is 5.91 Å². The van der Waals surface area contributed by atoms with Crippen molar-refractivity contribution in [2.24, 2.45) is 4.99 Å². The lowest BCUT2D eigenvalue weighted by atomic mass is 9.99. The number of amidine groups is 1. The first-order valence-corrected chi connectivity index (χ1v) is 16.0. The van der Waals surface area contributed by atoms with E-state index in [-0.39, 0.29) is 28.4 Å². The van der Waals surface area contributed by atoms with Crippen LogP contribution >= 0.6 is 34.4 Å². The lowest BCUT2D eigenvalue weighted by Crippen LogP contribution is -2.42. The van der Waals surface area contributed by atoms with Gasteiger partial charge in [0.05, 0.1) is 29.6 Å². The summed E-state index contributed by atoms with van der Waals surface area (Å²) in [6, 6.07) is 22.4. The first-order valence-electron chi connectivity index (χ1n) is 13.9. The smallest absolute Gasteiger partial charge is 0.285 e. The number of thioether (sulfide) groups is 1. The zero-order valence-corrected chi connectivity index (χ0v) is 28.0. The van der Waals surface area contributed by atoms with E-state index >= 15 is 0 Å². The Balaban J connectivity index is 1.65. The van der Waals surface area contributed by atoms with E-state index < -0.39 is 11.8 Å². The molecule has 3 amide bonds. The van der Waals surface area contributed by atoms with E-state index in [1.165, 1.54) is 25.2 Å². The Hall–Kier alpha value is -4.42. The monoisotopic (exact) mass is 733 g/mol. The van der Waals surface area contributed by atoms with Crippen LogP contribution in [0.2, 0.25) is 0 Å². The molecule has 0 atom stereocenters. The second-order valence-corrected chi connectivity index (χ2v) is 11.7. The quantitative estimate of drug-likeness (QED) is 0.102. The van der Waals surface area contributed by atoms with Crippen molar-refractivity contribution in [1.82, 2.24) is 10.2 Å². The van der Waals surface area contributed by atoms with Crippen LogP contribution in [0.25, 0.3) is 6.08 Å². The third kappa shape index (κ3) is 8.20. The standard InChI is InChI=1S/C35H32IN3O5S/c1-5-7-18-26(6-2)39-34(42)27(19-23-20-28(36)32(44-4)29(21-23)43-3)33(41)38-35(39)45-22-30(40)37-31(24-14-10-8-11-15-24)25-16-12-9-13-17-25/h5-21,31H,1,22H2,2-4H3,(H,37,40)/b18-7-,26-6+,27-19+. The molecule has 8 nitrogen and oxygen atoms in total. The topological polar surface area (TPSA) is 97.3 Å². The molecule has 3 aromatic carbocycles. The van der Waals surface area contributed by atoms with E-state index in [4.69, 9.17) is 9.47 Å². The molecule has 0 unspecified atom stereocenters. The number of methoxy groups -OCH3 is 2. The number of carbonyl (C=O) groups excluding carboxylic acids is 3. The number of nitrogens with one attached hydrogen (secondary N) is 1. The van der Waals surface area contributed by atoms with Crippen molar-refractivity contribution in [2.45, 2.75) is 13.0 Å². The van der Waals surface area contributed by atoms with Crippen LogP contribution in [0.3, 0.4) is 0 Å². The fourth-order valence-electron chi connectivity index (χ4n) is 4.58. The van der Waals surface area contributed by atoms with Crippen LogP contribution in [0.15, 0.2) is 120 Å². The Morgan fingerprint density at radius 1 is 1.04 bits per heavy atom. The molecule has 0 aliphatic carbocycles. The van der Waals surface area contributed by atoms with Crippen LogP contribution in [-0.2, 0) is 14.4 Å². The van der Waals surface area contributed by atoms with E-state index in [2.05, 4.69) is 39.5 Å². The lowest BCUT2D eigenvalue weighted by molar-refractivity contribution is -0.126. The van der Waals surface area contributed by atoms with E-state index in [9.17, 15) is 14.4 Å². The summed E-state index contributed by atoms with van der Waals surface area (Å²) in [5, 5.41) is 3.19. The van der Waals surface area contributed by atoms with Crippen LogP contribution in [0.1, 0.15) is 29.7 Å². The first-order chi connectivity index (χ1) is 21.8. The van der Waals surface area contributed by atoms with Gasteiger partial charge in [-0.1, -0.05) is 97.2 Å². The number of amides is 3. The number of aliphatic imine (C=N–C) groups is 1. The molecule has 0 fully saturated rings. The van der Waals surface area contributed by atoms with Gasteiger partial charge in [0.1, 0.15) is 5.57 Å². The number of allylic oxidation sites excluding steroid dienone is 4. The first kappa shape index (κ1) is 33.5. The maximum absolute atomic E-state index is 14.0. The predicted octanol–water partition coefficient (Wildman–Crippen LogP) is 6.70. The molecule has 1 heterocycles. The molecule has 0 radical (unpaired) electrons. The van der Waals surface area contributed by atoms with E-state index in [1.54, 1.807) is 43.4 Å². The van der Waals surface area contributed by atoms with E-state index in [0.717, 1.165) is 26.5 Å². The highest BCUT2D eigenvalue weighted by atomic mass is 127. The second-order valence-electron chi connectivity index (χ2n) is 9.56. The number of hydrogen-bond acceptors (Lipinski definition) is 6. The third-order valence-corrected chi connectivity index (χ3v) is 8.42. The summed E-state index contributed by atoms with van der Waals surface area (Å²) < 4.78 is 11.6. The van der Waals surface area contributed by atoms with Gasteiger partial charge in [-0.15, -0.1) is 0 Å². The minimum atomic E-state index is -0.710. The second kappa shape index (κ2) is 16.1. The van der Waals surface area contributed by atoms with Crippen LogP contribution in [0.4, 0.5) is 0 Å². The number of ether oxygens (including phenoxy) is 2. The number of hydrogen-bond donors (Lipinski definition) is 1. The molecule has 3 aromatic rings. The maximum Gasteiger partial charge on any atom is 0.285 e. The summed E-state index contributed by atoms with van der Waals surface area (Å²) in [7, 11) is 3.05. The molecule has 230 valence electrons. The van der Waals surface area contributed by atoms with Gasteiger partial charge < -0.3 is 14.8 Å². The number of nitrogens with zero attached hydrogens (tertiary/aromatic N) is 2. The van der Waals surface area contributed by atoms with Crippen LogP contribution in [-0.4, -0.2) is 47.8 Å². The average Bonchev–Trinajstić information content (AvgIpc) is 3.06. The Morgan fingerprint density at radius 3 is 2.24 bits per heavy atom. The van der Waals surface area contributed by atoms with Crippen molar-refractivity contribution in [3.8, 4) is 11.5 Å². The van der Waals surface area contributed by atoms with E-state index in [1.807, 2.05) is 60.7 Å². The summed E-state index contributed by atoms with van der Waals surface area (Å²) in [6.45, 7) is 5.48. The Kier molecular flexibility index (Phi) is 11.9. The number of rotatable bonds is 11. The number of halogens is 1. The summed E-state index contributed by atoms with van der Waals surface area (Å²) in [6.07, 6.45) is 8.15. The molecule has 0 saturated heterocycles. The van der Waals surface area contributed by atoms with Gasteiger partial charge in [0.15, 0.2) is 16.7 Å². The fourth-order valence-corrected chi connectivity index (χ4v) is 6.24. The molecule has 0 spiro atoms. The summed E-state index contributed by atoms with van der Waals surface area (Å²) >= 11 is 3.11. The fraction of sp³-hybridized carbons (Fsp3) is 0.143. The lowest BCUT2D eigenvalue weighted by Gasteiger charge is -2.28. The van der Waals surface area contributed by atoms with Crippen molar-refractivity contribution in [2.75, 3.05) is 20.0 Å². The number of carbonyl (C=O) groups is 3. The van der Waals surface area contributed by atoms with Crippen molar-refractivity contribution < 1.29 is 23.9 Å². The summed E-state index contributed by atoms with van der Waals surface area (Å²) in [5.41, 5.74) is 2.75. The van der Waals surface area contributed by atoms with Crippen LogP contribution < -0.4 is 14.8 Å². The highest BCUT2D eigenvalue weighted by Gasteiger charge is 2.35. The minimum absolute atomic E-state index is 0.0822. The molecule has 1 aliphatic heterocycles. The summed E-state index contributed by atoms with van der Waals surface area (Å²) in [4.78, 5) is 46.2. The van der Waals surface area contributed by atoms with E-state index in [0.29, 0.717) is 22.8 Å². The van der Waals surface area contributed by atoms with Gasteiger partial charge in [-0.3, -0.25) is 19.3 Å². The molecule has 45 heavy (non-hydrogen) atoms. The van der Waals surface area contributed by atoms with Crippen molar-refractivity contribution in [3.05, 3.63) is 135 Å². The van der Waals surface area contributed by atoms with Gasteiger partial charge in [0, 0.05) is 5.70 Å². The Morgan fingerprint density at radius 2 is 1.69 bits per heavy atom. The van der Waals surface area contributed by atoms with Crippen molar-refractivity contribution in [1.29, 1.82) is 0 Å². The van der Waals surface area contributed by atoms with Crippen molar-refractivity contribution >= 4 is 63.3 Å². The van der Waals surface area contributed by atoms with Crippen LogP contribution in [0.5, 0.6) is 11.5 Å². The molecule has 4 rings (SSSR count). The maximum atomic E-state index is 14.0. The van der Waals surface area contributed by atoms with Gasteiger partial charge in [0.25, 0.3) is 11.8 Å². The Labute approximate surface area is 280 Å². The predicted molar refractivity (Wildman–Crippen MR) is 188 cm³/mol. The van der Waals surface area contributed by atoms with Crippen LogP contribution in [0, 0.1) is 3.57 Å². The zero-order chi connectivity index (χ0) is 32.3. The molecular weight excluding hydrogens is 701 g/mol. The van der Waals surface area contributed by atoms with Gasteiger partial charge in [-0.25, -0.2) is 0 Å². The normalized spacial score (nSPS) is 14.6. The molecule has 1 N–H and O–H groups in total. The zero-order valence-electron chi connectivity index (χ0n) is 25.0. The van der Waals surface area contributed by atoms with Gasteiger partial charge >= 0.3 is 0 Å². The Bertz CT molecular complexity index is 1660. The number of benzene rings is 3.